The van der Waals surface area contributed by atoms with Crippen molar-refractivity contribution >= 4 is 26.0 Å². The molecule has 2 rings (SSSR count). The van der Waals surface area contributed by atoms with Gasteiger partial charge in [0.25, 0.3) is 0 Å². The van der Waals surface area contributed by atoms with E-state index in [-0.39, 0.29) is 5.45 Å². The van der Waals surface area contributed by atoms with E-state index >= 15 is 0 Å². The number of hydrogen-bond acceptors (Lipinski definition) is 2. The van der Waals surface area contributed by atoms with Crippen LogP contribution in [0.5, 0.6) is 0 Å². The Hall–Kier alpha value is -1.17. The first-order chi connectivity index (χ1) is 10.3. The summed E-state index contributed by atoms with van der Waals surface area (Å²) in [5.41, 5.74) is 1.36. The molecule has 0 saturated heterocycles. The molecule has 0 spiro atoms. The Kier molecular flexibility index (Phi) is 5.10. The largest absolute Gasteiger partial charge is 0.244 e. The highest BCUT2D eigenvalue weighted by Gasteiger charge is 2.34. The number of nitrogens with zero attached hydrogens (tertiary/aromatic N) is 1. The van der Waals surface area contributed by atoms with Gasteiger partial charge in [-0.3, -0.25) is 0 Å². The van der Waals surface area contributed by atoms with Crippen LogP contribution >= 0.6 is 15.9 Å². The molecule has 0 amide bonds. The minimum Gasteiger partial charge on any atom is -0.207 e. The molecule has 0 fully saturated rings. The number of hydrogen-bond donors (Lipinski definition) is 0. The highest BCUT2D eigenvalue weighted by atomic mass is 79.9. The number of alkyl halides is 1. The first-order valence-electron chi connectivity index (χ1n) is 7.02. The lowest BCUT2D eigenvalue weighted by Gasteiger charge is -2.33. The van der Waals surface area contributed by atoms with E-state index in [1.807, 2.05) is 63.2 Å². The summed E-state index contributed by atoms with van der Waals surface area (Å²) in [4.78, 5) is 0.329. The van der Waals surface area contributed by atoms with E-state index in [2.05, 4.69) is 15.9 Å². The van der Waals surface area contributed by atoms with Gasteiger partial charge in [0.15, 0.2) is 0 Å². The van der Waals surface area contributed by atoms with Crippen molar-refractivity contribution in [2.24, 2.45) is 0 Å². The standard InChI is InChI=1S/C17H20BrNO2S/c1-17(2,3)19(13-18)22(20,21)16-12-8-7-11-15(16)14-9-5-4-6-10-14/h4-12H,13H2,1-3H3. The number of rotatable bonds is 4. The third-order valence-electron chi connectivity index (χ3n) is 3.40. The second kappa shape index (κ2) is 6.52. The van der Waals surface area contributed by atoms with Crippen molar-refractivity contribution < 1.29 is 8.42 Å². The molecule has 0 saturated carbocycles. The average molecular weight is 382 g/mol. The van der Waals surface area contributed by atoms with Gasteiger partial charge in [-0.2, -0.15) is 4.31 Å². The summed E-state index contributed by atoms with van der Waals surface area (Å²) in [7, 11) is -3.60. The van der Waals surface area contributed by atoms with E-state index in [0.717, 1.165) is 11.1 Å². The van der Waals surface area contributed by atoms with Crippen LogP contribution in [0.2, 0.25) is 0 Å². The van der Waals surface area contributed by atoms with Gasteiger partial charge >= 0.3 is 0 Å². The van der Waals surface area contributed by atoms with Gasteiger partial charge in [0.05, 0.1) is 10.3 Å². The van der Waals surface area contributed by atoms with Gasteiger partial charge in [-0.15, -0.1) is 0 Å². The maximum Gasteiger partial charge on any atom is 0.244 e. The first-order valence-corrected chi connectivity index (χ1v) is 9.58. The van der Waals surface area contributed by atoms with Crippen LogP contribution in [0.15, 0.2) is 59.5 Å². The summed E-state index contributed by atoms with van der Waals surface area (Å²) in [6.45, 7) is 5.66. The molecule has 3 nitrogen and oxygen atoms in total. The van der Waals surface area contributed by atoms with Gasteiger partial charge in [-0.25, -0.2) is 8.42 Å². The zero-order valence-corrected chi connectivity index (χ0v) is 15.4. The Morgan fingerprint density at radius 2 is 1.50 bits per heavy atom. The van der Waals surface area contributed by atoms with Crippen molar-refractivity contribution in [3.8, 4) is 11.1 Å². The quantitative estimate of drug-likeness (QED) is 0.577. The van der Waals surface area contributed by atoms with Gasteiger partial charge in [0.2, 0.25) is 10.0 Å². The molecule has 0 aliphatic heterocycles. The fraction of sp³-hybridized carbons (Fsp3) is 0.294. The van der Waals surface area contributed by atoms with E-state index < -0.39 is 15.6 Å². The van der Waals surface area contributed by atoms with E-state index in [0.29, 0.717) is 4.90 Å². The van der Waals surface area contributed by atoms with Crippen LogP contribution in [0.3, 0.4) is 0 Å². The van der Waals surface area contributed by atoms with Crippen molar-refractivity contribution in [1.82, 2.24) is 4.31 Å². The molecule has 0 radical (unpaired) electrons. The molecule has 22 heavy (non-hydrogen) atoms. The minimum atomic E-state index is -3.60. The van der Waals surface area contributed by atoms with Crippen molar-refractivity contribution in [3.63, 3.8) is 0 Å². The monoisotopic (exact) mass is 381 g/mol. The summed E-state index contributed by atoms with van der Waals surface area (Å²) >= 11 is 3.31. The Labute approximate surface area is 141 Å². The molecule has 2 aromatic carbocycles. The molecule has 0 N–H and O–H groups in total. The van der Waals surface area contributed by atoms with Crippen LogP contribution < -0.4 is 0 Å². The van der Waals surface area contributed by atoms with Gasteiger partial charge in [-0.1, -0.05) is 64.5 Å². The molecule has 0 heterocycles. The second-order valence-electron chi connectivity index (χ2n) is 6.01. The van der Waals surface area contributed by atoms with Gasteiger partial charge in [0.1, 0.15) is 0 Å². The first kappa shape index (κ1) is 17.2. The maximum atomic E-state index is 13.1. The molecule has 118 valence electrons. The molecule has 0 aromatic heterocycles. The van der Waals surface area contributed by atoms with Crippen LogP contribution in [0.25, 0.3) is 11.1 Å². The lowest BCUT2D eigenvalue weighted by Crippen LogP contribution is -2.44. The lowest BCUT2D eigenvalue weighted by atomic mass is 10.1. The number of benzene rings is 2. The summed E-state index contributed by atoms with van der Waals surface area (Å²) in [5, 5.41) is 0. The molecular weight excluding hydrogens is 362 g/mol. The van der Waals surface area contributed by atoms with Gasteiger partial charge < -0.3 is 0 Å². The molecule has 2 aromatic rings. The van der Waals surface area contributed by atoms with Gasteiger partial charge in [0, 0.05) is 11.1 Å². The van der Waals surface area contributed by atoms with Crippen LogP contribution in [0, 0.1) is 0 Å². The molecule has 0 unspecified atom stereocenters. The van der Waals surface area contributed by atoms with Crippen molar-refractivity contribution in [2.75, 3.05) is 5.45 Å². The predicted octanol–water partition coefficient (Wildman–Crippen LogP) is 4.50. The molecule has 0 aliphatic rings. The SMILES string of the molecule is CC(C)(C)N(CBr)S(=O)(=O)c1ccccc1-c1ccccc1. The summed E-state index contributed by atoms with van der Waals surface area (Å²) in [6, 6.07) is 16.7. The average Bonchev–Trinajstić information content (AvgIpc) is 2.47. The Morgan fingerprint density at radius 3 is 2.05 bits per heavy atom. The second-order valence-corrected chi connectivity index (χ2v) is 8.34. The summed E-state index contributed by atoms with van der Waals surface area (Å²) < 4.78 is 27.7. The lowest BCUT2D eigenvalue weighted by molar-refractivity contribution is 0.285. The topological polar surface area (TPSA) is 37.4 Å². The fourth-order valence-electron chi connectivity index (χ4n) is 2.27. The highest BCUT2D eigenvalue weighted by molar-refractivity contribution is 9.09. The number of sulfonamides is 1. The molecule has 0 bridgehead atoms. The zero-order valence-electron chi connectivity index (χ0n) is 13.0. The van der Waals surface area contributed by atoms with Crippen LogP contribution in [-0.2, 0) is 10.0 Å². The molecule has 0 atom stereocenters. The predicted molar refractivity (Wildman–Crippen MR) is 94.4 cm³/mol. The number of halogens is 1. The van der Waals surface area contributed by atoms with E-state index in [1.165, 1.54) is 4.31 Å². The third-order valence-corrected chi connectivity index (χ3v) is 6.40. The van der Waals surface area contributed by atoms with Crippen LogP contribution in [-0.4, -0.2) is 23.7 Å². The zero-order chi connectivity index (χ0) is 16.4. The Bertz CT molecular complexity index is 737. The minimum absolute atomic E-state index is 0.252. The Balaban J connectivity index is 2.63. The third kappa shape index (κ3) is 3.42. The van der Waals surface area contributed by atoms with Gasteiger partial charge in [-0.05, 0) is 32.4 Å². The highest BCUT2D eigenvalue weighted by Crippen LogP contribution is 2.32. The van der Waals surface area contributed by atoms with Crippen LogP contribution in [0.1, 0.15) is 20.8 Å². The van der Waals surface area contributed by atoms with Crippen LogP contribution in [0.4, 0.5) is 0 Å². The Morgan fingerprint density at radius 1 is 0.955 bits per heavy atom. The molecular formula is C17H20BrNO2S. The molecule has 5 heteroatoms. The van der Waals surface area contributed by atoms with Crippen molar-refractivity contribution in [1.29, 1.82) is 0 Å². The summed E-state index contributed by atoms with van der Waals surface area (Å²) in [6.07, 6.45) is 0. The van der Waals surface area contributed by atoms with Crippen molar-refractivity contribution in [2.45, 2.75) is 31.2 Å². The van der Waals surface area contributed by atoms with E-state index in [1.54, 1.807) is 12.1 Å². The normalized spacial score (nSPS) is 12.6. The fourth-order valence-corrected chi connectivity index (χ4v) is 5.63. The maximum absolute atomic E-state index is 13.1. The van der Waals surface area contributed by atoms with E-state index in [4.69, 9.17) is 0 Å². The summed E-state index contributed by atoms with van der Waals surface area (Å²) in [5.74, 6) is 0. The smallest absolute Gasteiger partial charge is 0.207 e. The molecule has 0 aliphatic carbocycles. The van der Waals surface area contributed by atoms with E-state index in [9.17, 15) is 8.42 Å². The van der Waals surface area contributed by atoms with Crippen molar-refractivity contribution in [3.05, 3.63) is 54.6 Å².